The maximum absolute atomic E-state index is 10.5. The smallest absolute Gasteiger partial charge is 0.226 e. The number of carbonyl (C=O) groups is 1. The Balaban J connectivity index is 2.07. The van der Waals surface area contributed by atoms with Gasteiger partial charge < -0.3 is 4.72 Å². The van der Waals surface area contributed by atoms with E-state index in [1.807, 2.05) is 0 Å². The fraction of sp³-hybridized carbons (Fsp3) is 0.857. The molecule has 58 valence electrons. The molecule has 1 aliphatic rings. The topological polar surface area (TPSA) is 29.1 Å². The average molecular weight is 159 g/mol. The van der Waals surface area contributed by atoms with Gasteiger partial charge in [0, 0.05) is 12.2 Å². The molecule has 10 heavy (non-hydrogen) atoms. The van der Waals surface area contributed by atoms with Crippen LogP contribution in [0.2, 0.25) is 0 Å². The SMILES string of the molecule is CC(=O)NSC1CCCC1. The second-order valence-corrected chi connectivity index (χ2v) is 3.79. The number of carbonyl (C=O) groups excluding carboxylic acids is 1. The van der Waals surface area contributed by atoms with E-state index in [9.17, 15) is 4.79 Å². The van der Waals surface area contributed by atoms with E-state index >= 15 is 0 Å². The van der Waals surface area contributed by atoms with Crippen LogP contribution in [0, 0.1) is 0 Å². The van der Waals surface area contributed by atoms with Gasteiger partial charge in [-0.25, -0.2) is 0 Å². The molecule has 0 atom stereocenters. The first-order valence-corrected chi connectivity index (χ1v) is 4.59. The summed E-state index contributed by atoms with van der Waals surface area (Å²) in [6.45, 7) is 1.56. The first kappa shape index (κ1) is 7.92. The maximum atomic E-state index is 10.5. The molecule has 0 aliphatic heterocycles. The third-order valence-electron chi connectivity index (χ3n) is 1.67. The van der Waals surface area contributed by atoms with Crippen molar-refractivity contribution in [3.05, 3.63) is 0 Å². The molecule has 2 nitrogen and oxygen atoms in total. The highest BCUT2D eigenvalue weighted by Gasteiger charge is 2.15. The lowest BCUT2D eigenvalue weighted by molar-refractivity contribution is -0.117. The van der Waals surface area contributed by atoms with Crippen LogP contribution in [0.3, 0.4) is 0 Å². The van der Waals surface area contributed by atoms with Crippen LogP contribution in [0.5, 0.6) is 0 Å². The third-order valence-corrected chi connectivity index (χ3v) is 2.88. The summed E-state index contributed by atoms with van der Waals surface area (Å²) in [5.41, 5.74) is 0. The molecule has 0 radical (unpaired) electrons. The van der Waals surface area contributed by atoms with Crippen LogP contribution in [-0.4, -0.2) is 11.2 Å². The number of hydrogen-bond donors (Lipinski definition) is 1. The van der Waals surface area contributed by atoms with Gasteiger partial charge in [-0.3, -0.25) is 4.79 Å². The molecular weight excluding hydrogens is 146 g/mol. The lowest BCUT2D eigenvalue weighted by atomic mass is 10.4. The fourth-order valence-electron chi connectivity index (χ4n) is 1.17. The second kappa shape index (κ2) is 3.86. The van der Waals surface area contributed by atoms with E-state index in [0.29, 0.717) is 5.25 Å². The Hall–Kier alpha value is -0.180. The molecule has 0 spiro atoms. The van der Waals surface area contributed by atoms with Gasteiger partial charge in [0.1, 0.15) is 0 Å². The molecule has 0 heterocycles. The molecule has 1 rings (SSSR count). The molecule has 3 heteroatoms. The summed E-state index contributed by atoms with van der Waals surface area (Å²) < 4.78 is 2.77. The van der Waals surface area contributed by atoms with Gasteiger partial charge in [-0.15, -0.1) is 0 Å². The first-order valence-electron chi connectivity index (χ1n) is 3.71. The molecule has 0 aromatic rings. The van der Waals surface area contributed by atoms with Crippen LogP contribution < -0.4 is 4.72 Å². The van der Waals surface area contributed by atoms with E-state index in [1.165, 1.54) is 25.7 Å². The molecule has 0 unspecified atom stereocenters. The maximum Gasteiger partial charge on any atom is 0.226 e. The zero-order chi connectivity index (χ0) is 7.40. The first-order chi connectivity index (χ1) is 4.79. The van der Waals surface area contributed by atoms with Crippen LogP contribution >= 0.6 is 11.9 Å². The minimum atomic E-state index is 0.0666. The normalized spacial score (nSPS) is 19.3. The monoisotopic (exact) mass is 159 g/mol. The molecule has 0 aromatic heterocycles. The highest BCUT2D eigenvalue weighted by atomic mass is 32.2. The number of nitrogens with one attached hydrogen (secondary N) is 1. The van der Waals surface area contributed by atoms with Gasteiger partial charge in [0.25, 0.3) is 0 Å². The van der Waals surface area contributed by atoms with Crippen molar-refractivity contribution in [2.45, 2.75) is 37.9 Å². The summed E-state index contributed by atoms with van der Waals surface area (Å²) in [7, 11) is 0. The second-order valence-electron chi connectivity index (χ2n) is 2.68. The van der Waals surface area contributed by atoms with Gasteiger partial charge in [0.15, 0.2) is 0 Å². The van der Waals surface area contributed by atoms with Crippen molar-refractivity contribution >= 4 is 17.9 Å². The van der Waals surface area contributed by atoms with Crippen molar-refractivity contribution in [3.63, 3.8) is 0 Å². The van der Waals surface area contributed by atoms with Crippen molar-refractivity contribution in [1.82, 2.24) is 4.72 Å². The van der Waals surface area contributed by atoms with Crippen LogP contribution in [-0.2, 0) is 4.79 Å². The van der Waals surface area contributed by atoms with Crippen LogP contribution in [0.1, 0.15) is 32.6 Å². The summed E-state index contributed by atoms with van der Waals surface area (Å²) in [4.78, 5) is 10.5. The highest BCUT2D eigenvalue weighted by Crippen LogP contribution is 2.27. The van der Waals surface area contributed by atoms with Crippen molar-refractivity contribution in [2.75, 3.05) is 0 Å². The molecule has 1 aliphatic carbocycles. The zero-order valence-corrected chi connectivity index (χ0v) is 7.04. The van der Waals surface area contributed by atoms with E-state index in [4.69, 9.17) is 0 Å². The van der Waals surface area contributed by atoms with Crippen molar-refractivity contribution in [1.29, 1.82) is 0 Å². The van der Waals surface area contributed by atoms with Crippen molar-refractivity contribution < 1.29 is 4.79 Å². The van der Waals surface area contributed by atoms with Gasteiger partial charge in [-0.05, 0) is 24.8 Å². The van der Waals surface area contributed by atoms with Gasteiger partial charge in [0.2, 0.25) is 5.91 Å². The molecule has 1 N–H and O–H groups in total. The Bertz CT molecular complexity index is 121. The molecular formula is C7H13NOS. The van der Waals surface area contributed by atoms with Gasteiger partial charge in [-0.2, -0.15) is 0 Å². The predicted molar refractivity (Wildman–Crippen MR) is 43.7 cm³/mol. The minimum Gasteiger partial charge on any atom is -0.300 e. The Morgan fingerprint density at radius 1 is 1.50 bits per heavy atom. The van der Waals surface area contributed by atoms with Gasteiger partial charge in [-0.1, -0.05) is 12.8 Å². The molecule has 1 amide bonds. The molecule has 0 aromatic carbocycles. The van der Waals surface area contributed by atoms with Crippen molar-refractivity contribution in [2.24, 2.45) is 0 Å². The van der Waals surface area contributed by atoms with E-state index in [0.717, 1.165) is 0 Å². The van der Waals surface area contributed by atoms with E-state index in [1.54, 1.807) is 18.9 Å². The summed E-state index contributed by atoms with van der Waals surface area (Å²) >= 11 is 1.59. The standard InChI is InChI=1S/C7H13NOS/c1-6(9)8-10-7-4-2-3-5-7/h7H,2-5H2,1H3,(H,8,9). The quantitative estimate of drug-likeness (QED) is 0.621. The molecule has 0 bridgehead atoms. The molecule has 0 saturated heterocycles. The summed E-state index contributed by atoms with van der Waals surface area (Å²) in [5, 5.41) is 0.684. The Kier molecular flexibility index (Phi) is 3.06. The van der Waals surface area contributed by atoms with Gasteiger partial charge in [0.05, 0.1) is 0 Å². The van der Waals surface area contributed by atoms with Crippen LogP contribution in [0.4, 0.5) is 0 Å². The summed E-state index contributed by atoms with van der Waals surface area (Å²) in [6.07, 6.45) is 5.20. The number of hydrogen-bond acceptors (Lipinski definition) is 2. The van der Waals surface area contributed by atoms with E-state index in [2.05, 4.69) is 4.72 Å². The lowest BCUT2D eigenvalue weighted by Crippen LogP contribution is -2.14. The van der Waals surface area contributed by atoms with E-state index in [-0.39, 0.29) is 5.91 Å². The number of amides is 1. The predicted octanol–water partition coefficient (Wildman–Crippen LogP) is 1.71. The Morgan fingerprint density at radius 3 is 2.60 bits per heavy atom. The zero-order valence-electron chi connectivity index (χ0n) is 6.22. The largest absolute Gasteiger partial charge is 0.300 e. The van der Waals surface area contributed by atoms with E-state index < -0.39 is 0 Å². The molecule has 1 saturated carbocycles. The van der Waals surface area contributed by atoms with Crippen LogP contribution in [0.25, 0.3) is 0 Å². The summed E-state index contributed by atoms with van der Waals surface area (Å²) in [6, 6.07) is 0. The Morgan fingerprint density at radius 2 is 2.10 bits per heavy atom. The van der Waals surface area contributed by atoms with Crippen molar-refractivity contribution in [3.8, 4) is 0 Å². The van der Waals surface area contributed by atoms with Crippen LogP contribution in [0.15, 0.2) is 0 Å². The Labute approximate surface area is 65.9 Å². The summed E-state index contributed by atoms with van der Waals surface area (Å²) in [5.74, 6) is 0.0666. The lowest BCUT2D eigenvalue weighted by Gasteiger charge is -2.06. The molecule has 1 fully saturated rings. The highest BCUT2D eigenvalue weighted by molar-refractivity contribution is 7.98. The van der Waals surface area contributed by atoms with Gasteiger partial charge >= 0.3 is 0 Å². The fourth-order valence-corrected chi connectivity index (χ4v) is 2.07. The minimum absolute atomic E-state index is 0.0666. The number of rotatable bonds is 2. The average Bonchev–Trinajstić information content (AvgIpc) is 2.34. The third kappa shape index (κ3) is 2.60.